The molecule has 0 radical (unpaired) electrons. The Labute approximate surface area is 189 Å². The second kappa shape index (κ2) is 11.4. The molecule has 3 rings (SSSR count). The number of anilines is 2. The van der Waals surface area contributed by atoms with E-state index in [4.69, 9.17) is 0 Å². The lowest BCUT2D eigenvalue weighted by Crippen LogP contribution is -2.37. The van der Waals surface area contributed by atoms with E-state index < -0.39 is 0 Å². The van der Waals surface area contributed by atoms with Crippen molar-refractivity contribution in [2.75, 3.05) is 24.2 Å². The zero-order valence-corrected chi connectivity index (χ0v) is 18.8. The zero-order chi connectivity index (χ0) is 22.9. The summed E-state index contributed by atoms with van der Waals surface area (Å²) in [5.41, 5.74) is 2.50. The van der Waals surface area contributed by atoms with Gasteiger partial charge in [-0.25, -0.2) is 0 Å². The van der Waals surface area contributed by atoms with Gasteiger partial charge in [0.15, 0.2) is 0 Å². The highest BCUT2D eigenvalue weighted by atomic mass is 16.2. The van der Waals surface area contributed by atoms with Gasteiger partial charge in [0, 0.05) is 36.8 Å². The van der Waals surface area contributed by atoms with E-state index in [-0.39, 0.29) is 29.8 Å². The van der Waals surface area contributed by atoms with Gasteiger partial charge in [-0.1, -0.05) is 43.3 Å². The maximum absolute atomic E-state index is 12.8. The molecule has 0 aromatic heterocycles. The molecule has 1 saturated heterocycles. The van der Waals surface area contributed by atoms with Gasteiger partial charge in [-0.2, -0.15) is 0 Å². The molecule has 2 unspecified atom stereocenters. The van der Waals surface area contributed by atoms with Crippen LogP contribution in [0.5, 0.6) is 0 Å². The van der Waals surface area contributed by atoms with Crippen LogP contribution in [0.3, 0.4) is 0 Å². The number of nitrogens with one attached hydrogen (secondary N) is 3. The lowest BCUT2D eigenvalue weighted by atomic mass is 10.1. The van der Waals surface area contributed by atoms with E-state index in [0.717, 1.165) is 12.8 Å². The minimum atomic E-state index is -0.312. The lowest BCUT2D eigenvalue weighted by molar-refractivity contribution is -0.122. The fourth-order valence-electron chi connectivity index (χ4n) is 3.96. The van der Waals surface area contributed by atoms with Crippen LogP contribution in [-0.2, 0) is 20.8 Å². The number of nitrogens with zero attached hydrogens (tertiary/aromatic N) is 1. The zero-order valence-electron chi connectivity index (χ0n) is 18.8. The molecule has 1 aliphatic heterocycles. The Morgan fingerprint density at radius 3 is 2.41 bits per heavy atom. The van der Waals surface area contributed by atoms with Crippen LogP contribution in [0.15, 0.2) is 54.6 Å². The van der Waals surface area contributed by atoms with Crippen molar-refractivity contribution in [3.05, 3.63) is 60.2 Å². The Bertz CT molecular complexity index is 932. The molecule has 1 fully saturated rings. The van der Waals surface area contributed by atoms with Gasteiger partial charge < -0.3 is 16.0 Å². The summed E-state index contributed by atoms with van der Waals surface area (Å²) >= 11 is 0. The maximum Gasteiger partial charge on any atom is 0.241 e. The van der Waals surface area contributed by atoms with Crippen LogP contribution in [0.25, 0.3) is 0 Å². The molecule has 7 heteroatoms. The largest absolute Gasteiger partial charge is 0.352 e. The van der Waals surface area contributed by atoms with E-state index >= 15 is 0 Å². The molecule has 7 nitrogen and oxygen atoms in total. The maximum atomic E-state index is 12.8. The van der Waals surface area contributed by atoms with Crippen molar-refractivity contribution in [1.29, 1.82) is 0 Å². The summed E-state index contributed by atoms with van der Waals surface area (Å²) in [4.78, 5) is 38.7. The number of likely N-dealkylation sites (tertiary alicyclic amines) is 1. The molecule has 3 N–H and O–H groups in total. The summed E-state index contributed by atoms with van der Waals surface area (Å²) in [7, 11) is 1.88. The predicted molar refractivity (Wildman–Crippen MR) is 126 cm³/mol. The molecule has 0 bridgehead atoms. The fraction of sp³-hybridized carbons (Fsp3) is 0.400. The van der Waals surface area contributed by atoms with Gasteiger partial charge in [0.2, 0.25) is 17.7 Å². The van der Waals surface area contributed by atoms with E-state index in [0.29, 0.717) is 37.2 Å². The molecule has 3 amide bonds. The predicted octanol–water partition coefficient (Wildman–Crippen LogP) is 3.19. The Morgan fingerprint density at radius 2 is 1.69 bits per heavy atom. The highest BCUT2D eigenvalue weighted by molar-refractivity contribution is 5.96. The van der Waals surface area contributed by atoms with E-state index in [9.17, 15) is 14.4 Å². The number of rotatable bonds is 9. The van der Waals surface area contributed by atoms with E-state index in [2.05, 4.69) is 28.1 Å². The Morgan fingerprint density at radius 1 is 0.969 bits per heavy atom. The summed E-state index contributed by atoms with van der Waals surface area (Å²) in [5, 5.41) is 8.80. The highest BCUT2D eigenvalue weighted by Crippen LogP contribution is 2.20. The first-order valence-corrected chi connectivity index (χ1v) is 11.2. The first-order chi connectivity index (χ1) is 15.4. The second-order valence-electron chi connectivity index (χ2n) is 8.27. The van der Waals surface area contributed by atoms with Crippen LogP contribution in [0.4, 0.5) is 11.4 Å². The fourth-order valence-corrected chi connectivity index (χ4v) is 3.96. The number of amides is 3. The van der Waals surface area contributed by atoms with Crippen molar-refractivity contribution in [2.45, 2.75) is 51.1 Å². The van der Waals surface area contributed by atoms with Gasteiger partial charge in [0.05, 0.1) is 6.04 Å². The third-order valence-corrected chi connectivity index (χ3v) is 5.66. The number of hydrogen-bond donors (Lipinski definition) is 3. The molecule has 1 aliphatic rings. The van der Waals surface area contributed by atoms with Gasteiger partial charge in [0.1, 0.15) is 0 Å². The molecular weight excluding hydrogens is 404 g/mol. The Kier molecular flexibility index (Phi) is 8.39. The van der Waals surface area contributed by atoms with Gasteiger partial charge in [0.25, 0.3) is 0 Å². The van der Waals surface area contributed by atoms with Crippen LogP contribution in [0, 0.1) is 0 Å². The SMILES string of the molecule is CCC(=O)NC1CC(C(=O)Nc2cccc(NC(=O)CCCc3ccccc3)c2)N(C)C1. The first-order valence-electron chi connectivity index (χ1n) is 11.2. The minimum Gasteiger partial charge on any atom is -0.352 e. The monoisotopic (exact) mass is 436 g/mol. The van der Waals surface area contributed by atoms with Crippen LogP contribution in [0.2, 0.25) is 0 Å². The molecule has 170 valence electrons. The first kappa shape index (κ1) is 23.5. The highest BCUT2D eigenvalue weighted by Gasteiger charge is 2.35. The van der Waals surface area contributed by atoms with Crippen molar-refractivity contribution < 1.29 is 14.4 Å². The summed E-state index contributed by atoms with van der Waals surface area (Å²) in [5.74, 6) is -0.168. The minimum absolute atomic E-state index is 0.00308. The molecule has 0 saturated carbocycles. The van der Waals surface area contributed by atoms with E-state index in [1.165, 1.54) is 5.56 Å². The average molecular weight is 437 g/mol. The molecule has 2 aromatic carbocycles. The van der Waals surface area contributed by atoms with E-state index in [1.54, 1.807) is 18.2 Å². The quantitative estimate of drug-likeness (QED) is 0.563. The van der Waals surface area contributed by atoms with Crippen molar-refractivity contribution in [3.63, 3.8) is 0 Å². The molecule has 2 atom stereocenters. The molecule has 0 aliphatic carbocycles. The molecular formula is C25H32N4O3. The molecule has 0 spiro atoms. The van der Waals surface area contributed by atoms with Gasteiger partial charge in [-0.15, -0.1) is 0 Å². The summed E-state index contributed by atoms with van der Waals surface area (Å²) in [6.07, 6.45) is 3.08. The molecule has 1 heterocycles. The molecule has 2 aromatic rings. The van der Waals surface area contributed by atoms with Crippen molar-refractivity contribution >= 4 is 29.1 Å². The van der Waals surface area contributed by atoms with Crippen LogP contribution in [0.1, 0.15) is 38.2 Å². The smallest absolute Gasteiger partial charge is 0.241 e. The number of carbonyl (C=O) groups is 3. The average Bonchev–Trinajstić information content (AvgIpc) is 3.14. The lowest BCUT2D eigenvalue weighted by Gasteiger charge is -2.18. The number of carbonyl (C=O) groups excluding carboxylic acids is 3. The van der Waals surface area contributed by atoms with Crippen molar-refractivity contribution in [2.24, 2.45) is 0 Å². The second-order valence-corrected chi connectivity index (χ2v) is 8.27. The van der Waals surface area contributed by atoms with Gasteiger partial charge in [-0.3, -0.25) is 19.3 Å². The third-order valence-electron chi connectivity index (χ3n) is 5.66. The number of benzene rings is 2. The van der Waals surface area contributed by atoms with Crippen molar-refractivity contribution in [3.8, 4) is 0 Å². The van der Waals surface area contributed by atoms with Crippen LogP contribution < -0.4 is 16.0 Å². The Balaban J connectivity index is 1.48. The number of aryl methyl sites for hydroxylation is 1. The normalized spacial score (nSPS) is 18.2. The topological polar surface area (TPSA) is 90.5 Å². The summed E-state index contributed by atoms with van der Waals surface area (Å²) in [6, 6.07) is 16.9. The van der Waals surface area contributed by atoms with E-state index in [1.807, 2.05) is 43.1 Å². The number of likely N-dealkylation sites (N-methyl/N-ethyl adjacent to an activating group) is 1. The van der Waals surface area contributed by atoms with Crippen molar-refractivity contribution in [1.82, 2.24) is 10.2 Å². The number of hydrogen-bond acceptors (Lipinski definition) is 4. The summed E-state index contributed by atoms with van der Waals surface area (Å²) < 4.78 is 0. The van der Waals surface area contributed by atoms with Gasteiger partial charge in [-0.05, 0) is 50.1 Å². The van der Waals surface area contributed by atoms with Crippen LogP contribution in [-0.4, -0.2) is 48.3 Å². The molecule has 32 heavy (non-hydrogen) atoms. The van der Waals surface area contributed by atoms with Crippen LogP contribution >= 0.6 is 0 Å². The third kappa shape index (κ3) is 6.92. The summed E-state index contributed by atoms with van der Waals surface area (Å²) in [6.45, 7) is 2.45. The standard InChI is InChI=1S/C25H32N4O3/c1-3-23(30)27-21-16-22(29(2)17-21)25(32)28-20-13-8-12-19(15-20)26-24(31)14-7-11-18-9-5-4-6-10-18/h4-6,8-10,12-13,15,21-22H,3,7,11,14,16-17H2,1-2H3,(H,26,31)(H,27,30)(H,28,32). The Hall–Kier alpha value is -3.19. The van der Waals surface area contributed by atoms with Gasteiger partial charge >= 0.3 is 0 Å².